The maximum Gasteiger partial charge on any atom is 0.236 e. The van der Waals surface area contributed by atoms with Crippen molar-refractivity contribution in [3.8, 4) is 0 Å². The van der Waals surface area contributed by atoms with E-state index >= 15 is 0 Å². The number of likely N-dealkylation sites (N-methyl/N-ethyl adjacent to an activating group) is 1. The minimum Gasteiger partial charge on any atom is -0.340 e. The molecule has 1 aromatic rings. The molecule has 0 bridgehead atoms. The van der Waals surface area contributed by atoms with Gasteiger partial charge in [-0.25, -0.2) is 4.39 Å². The normalized spacial score (nSPS) is 16.2. The SMILES string of the molecule is CN(CC(=O)N1CCCNCC1)Cc1ccccc1F. The third kappa shape index (κ3) is 4.28. The van der Waals surface area contributed by atoms with Crippen LogP contribution in [-0.2, 0) is 11.3 Å². The molecule has 5 heteroatoms. The van der Waals surface area contributed by atoms with Crippen molar-refractivity contribution in [3.63, 3.8) is 0 Å². The number of benzene rings is 1. The van der Waals surface area contributed by atoms with Gasteiger partial charge in [-0.15, -0.1) is 0 Å². The largest absolute Gasteiger partial charge is 0.340 e. The van der Waals surface area contributed by atoms with Gasteiger partial charge in [0.2, 0.25) is 5.91 Å². The smallest absolute Gasteiger partial charge is 0.236 e. The summed E-state index contributed by atoms with van der Waals surface area (Å²) in [7, 11) is 1.85. The lowest BCUT2D eigenvalue weighted by Gasteiger charge is -2.24. The Balaban J connectivity index is 1.85. The zero-order valence-electron chi connectivity index (χ0n) is 11.9. The van der Waals surface area contributed by atoms with Crippen LogP contribution in [0.4, 0.5) is 4.39 Å². The molecule has 0 atom stereocenters. The fraction of sp³-hybridized carbons (Fsp3) is 0.533. The van der Waals surface area contributed by atoms with Crippen LogP contribution in [0.2, 0.25) is 0 Å². The predicted molar refractivity (Wildman–Crippen MR) is 76.8 cm³/mol. The van der Waals surface area contributed by atoms with E-state index in [9.17, 15) is 9.18 Å². The third-order valence-electron chi connectivity index (χ3n) is 3.50. The fourth-order valence-electron chi connectivity index (χ4n) is 2.40. The van der Waals surface area contributed by atoms with E-state index in [1.165, 1.54) is 6.07 Å². The van der Waals surface area contributed by atoms with Gasteiger partial charge < -0.3 is 10.2 Å². The average Bonchev–Trinajstić information content (AvgIpc) is 2.70. The van der Waals surface area contributed by atoms with Gasteiger partial charge in [-0.3, -0.25) is 9.69 Å². The Morgan fingerprint density at radius 2 is 2.15 bits per heavy atom. The van der Waals surface area contributed by atoms with E-state index in [4.69, 9.17) is 0 Å². The highest BCUT2D eigenvalue weighted by Crippen LogP contribution is 2.09. The molecular formula is C15H22FN3O. The summed E-state index contributed by atoms with van der Waals surface area (Å²) in [5, 5.41) is 3.28. The topological polar surface area (TPSA) is 35.6 Å². The molecule has 20 heavy (non-hydrogen) atoms. The summed E-state index contributed by atoms with van der Waals surface area (Å²) in [6, 6.07) is 6.69. The summed E-state index contributed by atoms with van der Waals surface area (Å²) in [5.74, 6) is -0.0988. The zero-order chi connectivity index (χ0) is 14.4. The van der Waals surface area contributed by atoms with E-state index in [1.54, 1.807) is 12.1 Å². The van der Waals surface area contributed by atoms with Crippen LogP contribution in [0.5, 0.6) is 0 Å². The molecule has 1 heterocycles. The van der Waals surface area contributed by atoms with E-state index in [2.05, 4.69) is 5.32 Å². The number of halogens is 1. The van der Waals surface area contributed by atoms with Gasteiger partial charge in [-0.2, -0.15) is 0 Å². The maximum atomic E-state index is 13.6. The Hall–Kier alpha value is -1.46. The van der Waals surface area contributed by atoms with Crippen LogP contribution in [0, 0.1) is 5.82 Å². The molecule has 0 saturated carbocycles. The number of rotatable bonds is 4. The zero-order valence-corrected chi connectivity index (χ0v) is 11.9. The Labute approximate surface area is 119 Å². The lowest BCUT2D eigenvalue weighted by molar-refractivity contribution is -0.132. The monoisotopic (exact) mass is 279 g/mol. The van der Waals surface area contributed by atoms with Crippen molar-refractivity contribution < 1.29 is 9.18 Å². The predicted octanol–water partition coefficient (Wildman–Crippen LogP) is 1.08. The van der Waals surface area contributed by atoms with Crippen molar-refractivity contribution in [1.82, 2.24) is 15.1 Å². The molecule has 1 saturated heterocycles. The number of carbonyl (C=O) groups is 1. The summed E-state index contributed by atoms with van der Waals surface area (Å²) in [5.41, 5.74) is 0.625. The van der Waals surface area contributed by atoms with Gasteiger partial charge in [0.15, 0.2) is 0 Å². The Morgan fingerprint density at radius 1 is 1.35 bits per heavy atom. The first-order valence-electron chi connectivity index (χ1n) is 7.07. The molecule has 0 radical (unpaired) electrons. The molecule has 0 aliphatic carbocycles. The summed E-state index contributed by atoms with van der Waals surface area (Å²) < 4.78 is 13.6. The summed E-state index contributed by atoms with van der Waals surface area (Å²) >= 11 is 0. The second-order valence-corrected chi connectivity index (χ2v) is 5.25. The lowest BCUT2D eigenvalue weighted by Crippen LogP contribution is -2.40. The molecule has 1 aliphatic rings. The van der Waals surface area contributed by atoms with E-state index < -0.39 is 0 Å². The molecule has 2 rings (SSSR count). The van der Waals surface area contributed by atoms with E-state index in [-0.39, 0.29) is 11.7 Å². The first-order chi connectivity index (χ1) is 9.66. The van der Waals surface area contributed by atoms with Crippen molar-refractivity contribution in [2.45, 2.75) is 13.0 Å². The number of nitrogens with zero attached hydrogens (tertiary/aromatic N) is 2. The fourth-order valence-corrected chi connectivity index (χ4v) is 2.40. The number of nitrogens with one attached hydrogen (secondary N) is 1. The second-order valence-electron chi connectivity index (χ2n) is 5.25. The molecule has 0 unspecified atom stereocenters. The van der Waals surface area contributed by atoms with Gasteiger partial charge in [0.05, 0.1) is 6.54 Å². The first kappa shape index (κ1) is 14.9. The van der Waals surface area contributed by atoms with E-state index in [0.29, 0.717) is 18.7 Å². The first-order valence-corrected chi connectivity index (χ1v) is 7.07. The minimum atomic E-state index is -0.217. The van der Waals surface area contributed by atoms with Gasteiger partial charge in [0.1, 0.15) is 5.82 Å². The van der Waals surface area contributed by atoms with Crippen molar-refractivity contribution in [3.05, 3.63) is 35.6 Å². The quantitative estimate of drug-likeness (QED) is 0.896. The Morgan fingerprint density at radius 3 is 2.95 bits per heavy atom. The maximum absolute atomic E-state index is 13.6. The van der Waals surface area contributed by atoms with Crippen LogP contribution in [0.25, 0.3) is 0 Å². The van der Waals surface area contributed by atoms with E-state index in [1.807, 2.05) is 22.9 Å². The highest BCUT2D eigenvalue weighted by molar-refractivity contribution is 5.78. The van der Waals surface area contributed by atoms with Crippen LogP contribution in [0.15, 0.2) is 24.3 Å². The third-order valence-corrected chi connectivity index (χ3v) is 3.50. The molecule has 1 aliphatic heterocycles. The summed E-state index contributed by atoms with van der Waals surface area (Å²) in [6.45, 7) is 4.15. The lowest BCUT2D eigenvalue weighted by atomic mass is 10.2. The number of amides is 1. The molecule has 110 valence electrons. The molecular weight excluding hydrogens is 257 g/mol. The van der Waals surface area contributed by atoms with Crippen molar-refractivity contribution in [2.24, 2.45) is 0 Å². The highest BCUT2D eigenvalue weighted by Gasteiger charge is 2.17. The van der Waals surface area contributed by atoms with Crippen LogP contribution in [0.3, 0.4) is 0 Å². The Kier molecular flexibility index (Phi) is 5.49. The molecule has 0 spiro atoms. The molecule has 1 amide bonds. The molecule has 1 N–H and O–H groups in total. The van der Waals surface area contributed by atoms with Crippen LogP contribution >= 0.6 is 0 Å². The number of hydrogen-bond donors (Lipinski definition) is 1. The van der Waals surface area contributed by atoms with Crippen LogP contribution < -0.4 is 5.32 Å². The number of carbonyl (C=O) groups excluding carboxylic acids is 1. The molecule has 1 fully saturated rings. The standard InChI is InChI=1S/C15H22FN3O/c1-18(11-13-5-2-3-6-14(13)16)12-15(20)19-9-4-7-17-8-10-19/h2-3,5-6,17H,4,7-12H2,1H3. The van der Waals surface area contributed by atoms with Crippen molar-refractivity contribution in [2.75, 3.05) is 39.8 Å². The Bertz CT molecular complexity index is 444. The van der Waals surface area contributed by atoms with Gasteiger partial charge in [0.25, 0.3) is 0 Å². The van der Waals surface area contributed by atoms with Gasteiger partial charge in [-0.05, 0) is 26.1 Å². The van der Waals surface area contributed by atoms with Crippen molar-refractivity contribution >= 4 is 5.91 Å². The van der Waals surface area contributed by atoms with Gasteiger partial charge in [-0.1, -0.05) is 18.2 Å². The highest BCUT2D eigenvalue weighted by atomic mass is 19.1. The summed E-state index contributed by atoms with van der Waals surface area (Å²) in [4.78, 5) is 15.9. The van der Waals surface area contributed by atoms with Gasteiger partial charge >= 0.3 is 0 Å². The summed E-state index contributed by atoms with van der Waals surface area (Å²) in [6.07, 6.45) is 0.989. The second kappa shape index (κ2) is 7.36. The van der Waals surface area contributed by atoms with Crippen molar-refractivity contribution in [1.29, 1.82) is 0 Å². The van der Waals surface area contributed by atoms with Crippen LogP contribution in [-0.4, -0.2) is 55.5 Å². The average molecular weight is 279 g/mol. The number of hydrogen-bond acceptors (Lipinski definition) is 3. The van der Waals surface area contributed by atoms with Gasteiger partial charge in [0, 0.05) is 31.7 Å². The van der Waals surface area contributed by atoms with E-state index in [0.717, 1.165) is 32.6 Å². The minimum absolute atomic E-state index is 0.118. The molecule has 4 nitrogen and oxygen atoms in total. The molecule has 1 aromatic carbocycles. The molecule has 0 aromatic heterocycles. The van der Waals surface area contributed by atoms with Crippen LogP contribution in [0.1, 0.15) is 12.0 Å².